The van der Waals surface area contributed by atoms with E-state index in [1.165, 1.54) is 11.8 Å². The van der Waals surface area contributed by atoms with Crippen LogP contribution in [0.2, 0.25) is 5.02 Å². The summed E-state index contributed by atoms with van der Waals surface area (Å²) >= 11 is 7.63. The quantitative estimate of drug-likeness (QED) is 0.781. The van der Waals surface area contributed by atoms with Gasteiger partial charge in [0.2, 0.25) is 5.91 Å². The third kappa shape index (κ3) is 4.58. The lowest BCUT2D eigenvalue weighted by molar-refractivity contribution is -0.118. The van der Waals surface area contributed by atoms with Gasteiger partial charge in [-0.3, -0.25) is 4.79 Å². The summed E-state index contributed by atoms with van der Waals surface area (Å²) in [5.74, 6) is 0.392. The maximum absolute atomic E-state index is 11.2. The average molecular weight is 273 g/mol. The maximum Gasteiger partial charge on any atom is 0.230 e. The van der Waals surface area contributed by atoms with Crippen molar-refractivity contribution in [2.75, 3.05) is 19.3 Å². The van der Waals surface area contributed by atoms with E-state index in [1.54, 1.807) is 7.05 Å². The van der Waals surface area contributed by atoms with Crippen LogP contribution in [0.1, 0.15) is 12.5 Å². The highest BCUT2D eigenvalue weighted by molar-refractivity contribution is 8.00. The molecule has 0 saturated carbocycles. The second-order valence-electron chi connectivity index (χ2n) is 3.47. The van der Waals surface area contributed by atoms with Crippen LogP contribution in [0.4, 0.5) is 0 Å². The highest BCUT2D eigenvalue weighted by Gasteiger charge is 2.09. The molecule has 1 aromatic carbocycles. The lowest BCUT2D eigenvalue weighted by Gasteiger charge is -2.11. The first-order chi connectivity index (χ1) is 8.19. The minimum Gasteiger partial charge on any atom is -0.358 e. The van der Waals surface area contributed by atoms with Gasteiger partial charge in [-0.2, -0.15) is 0 Å². The molecule has 0 heterocycles. The fourth-order valence-corrected chi connectivity index (χ4v) is 2.63. The summed E-state index contributed by atoms with van der Waals surface area (Å²) in [6, 6.07) is 5.81. The predicted octanol–water partition coefficient (Wildman–Crippen LogP) is 2.29. The molecule has 17 heavy (non-hydrogen) atoms. The molecular formula is C12H17ClN2OS. The van der Waals surface area contributed by atoms with E-state index in [2.05, 4.69) is 17.6 Å². The SMILES string of the molecule is CCNCc1cccc(Cl)c1SCC(=O)NC. The van der Waals surface area contributed by atoms with Crippen LogP contribution in [0.3, 0.4) is 0 Å². The number of carbonyl (C=O) groups excluding carboxylic acids is 1. The zero-order valence-corrected chi connectivity index (χ0v) is 11.6. The van der Waals surface area contributed by atoms with Crippen molar-refractivity contribution in [1.82, 2.24) is 10.6 Å². The summed E-state index contributed by atoms with van der Waals surface area (Å²) in [6.45, 7) is 3.74. The summed E-state index contributed by atoms with van der Waals surface area (Å²) in [4.78, 5) is 12.2. The summed E-state index contributed by atoms with van der Waals surface area (Å²) in [5.41, 5.74) is 1.13. The number of nitrogens with one attached hydrogen (secondary N) is 2. The average Bonchev–Trinajstić information content (AvgIpc) is 2.34. The van der Waals surface area contributed by atoms with Crippen molar-refractivity contribution in [3.8, 4) is 0 Å². The molecule has 5 heteroatoms. The molecule has 0 fully saturated rings. The Morgan fingerprint density at radius 2 is 2.24 bits per heavy atom. The number of rotatable bonds is 6. The summed E-state index contributed by atoms with van der Waals surface area (Å²) in [6.07, 6.45) is 0. The Bertz CT molecular complexity index is 385. The second kappa shape index (κ2) is 7.58. The monoisotopic (exact) mass is 272 g/mol. The van der Waals surface area contributed by atoms with Crippen molar-refractivity contribution >= 4 is 29.3 Å². The Hall–Kier alpha value is -0.710. The van der Waals surface area contributed by atoms with Crippen molar-refractivity contribution in [2.24, 2.45) is 0 Å². The van der Waals surface area contributed by atoms with Gasteiger partial charge in [0.1, 0.15) is 0 Å². The number of benzene rings is 1. The van der Waals surface area contributed by atoms with Gasteiger partial charge in [0.05, 0.1) is 10.8 Å². The molecule has 3 nitrogen and oxygen atoms in total. The van der Waals surface area contributed by atoms with Gasteiger partial charge in [-0.1, -0.05) is 30.7 Å². The van der Waals surface area contributed by atoms with E-state index in [4.69, 9.17) is 11.6 Å². The standard InChI is InChI=1S/C12H17ClN2OS/c1-3-15-7-9-5-4-6-10(13)12(9)17-8-11(16)14-2/h4-6,15H,3,7-8H2,1-2H3,(H,14,16). The van der Waals surface area contributed by atoms with Crippen LogP contribution in [0, 0.1) is 0 Å². The fourth-order valence-electron chi connectivity index (χ4n) is 1.32. The Kier molecular flexibility index (Phi) is 6.40. The maximum atomic E-state index is 11.2. The Balaban J connectivity index is 2.76. The van der Waals surface area contributed by atoms with E-state index >= 15 is 0 Å². The molecule has 0 atom stereocenters. The summed E-state index contributed by atoms with van der Waals surface area (Å²) in [7, 11) is 1.63. The van der Waals surface area contributed by atoms with Gasteiger partial charge in [-0.25, -0.2) is 0 Å². The molecule has 0 spiro atoms. The zero-order valence-electron chi connectivity index (χ0n) is 10.0. The van der Waals surface area contributed by atoms with E-state index in [-0.39, 0.29) is 5.91 Å². The van der Waals surface area contributed by atoms with E-state index in [0.29, 0.717) is 10.8 Å². The molecule has 0 bridgehead atoms. The third-order valence-electron chi connectivity index (χ3n) is 2.24. The van der Waals surface area contributed by atoms with Crippen LogP contribution in [0.15, 0.2) is 23.1 Å². The molecule has 1 amide bonds. The van der Waals surface area contributed by atoms with Gasteiger partial charge in [0.25, 0.3) is 0 Å². The molecule has 0 aliphatic heterocycles. The van der Waals surface area contributed by atoms with Crippen LogP contribution in [-0.4, -0.2) is 25.3 Å². The van der Waals surface area contributed by atoms with Crippen LogP contribution >= 0.6 is 23.4 Å². The van der Waals surface area contributed by atoms with Crippen molar-refractivity contribution in [3.05, 3.63) is 28.8 Å². The van der Waals surface area contributed by atoms with E-state index < -0.39 is 0 Å². The summed E-state index contributed by atoms with van der Waals surface area (Å²) in [5, 5.41) is 6.56. The minimum atomic E-state index is 0.00400. The normalized spacial score (nSPS) is 10.3. The van der Waals surface area contributed by atoms with Crippen LogP contribution < -0.4 is 10.6 Å². The van der Waals surface area contributed by atoms with Crippen molar-refractivity contribution in [2.45, 2.75) is 18.4 Å². The van der Waals surface area contributed by atoms with Gasteiger partial charge >= 0.3 is 0 Å². The first-order valence-corrected chi connectivity index (χ1v) is 6.86. The first kappa shape index (κ1) is 14.4. The number of thioether (sulfide) groups is 1. The Morgan fingerprint density at radius 3 is 2.88 bits per heavy atom. The van der Waals surface area contributed by atoms with Gasteiger partial charge < -0.3 is 10.6 Å². The second-order valence-corrected chi connectivity index (χ2v) is 4.86. The first-order valence-electron chi connectivity index (χ1n) is 5.50. The van der Waals surface area contributed by atoms with Crippen LogP contribution in [0.25, 0.3) is 0 Å². The van der Waals surface area contributed by atoms with Crippen LogP contribution in [0.5, 0.6) is 0 Å². The zero-order chi connectivity index (χ0) is 12.7. The highest BCUT2D eigenvalue weighted by atomic mass is 35.5. The molecule has 0 unspecified atom stereocenters. The third-order valence-corrected chi connectivity index (χ3v) is 3.84. The van der Waals surface area contributed by atoms with Crippen molar-refractivity contribution in [3.63, 3.8) is 0 Å². The predicted molar refractivity (Wildman–Crippen MR) is 73.6 cm³/mol. The molecule has 0 aliphatic rings. The lowest BCUT2D eigenvalue weighted by Crippen LogP contribution is -2.20. The van der Waals surface area contributed by atoms with Crippen molar-refractivity contribution in [1.29, 1.82) is 0 Å². The highest BCUT2D eigenvalue weighted by Crippen LogP contribution is 2.30. The Labute approximate surface area is 111 Å². The largest absolute Gasteiger partial charge is 0.358 e. The number of hydrogen-bond acceptors (Lipinski definition) is 3. The van der Waals surface area contributed by atoms with Gasteiger partial charge in [0.15, 0.2) is 0 Å². The minimum absolute atomic E-state index is 0.00400. The van der Waals surface area contributed by atoms with Gasteiger partial charge in [0, 0.05) is 18.5 Å². The van der Waals surface area contributed by atoms with Crippen molar-refractivity contribution < 1.29 is 4.79 Å². The molecule has 1 rings (SSSR count). The number of amides is 1. The molecular weight excluding hydrogens is 256 g/mol. The number of halogens is 1. The van der Waals surface area contributed by atoms with E-state index in [9.17, 15) is 4.79 Å². The molecule has 1 aromatic rings. The molecule has 0 radical (unpaired) electrons. The number of carbonyl (C=O) groups is 1. The Morgan fingerprint density at radius 1 is 1.47 bits per heavy atom. The lowest BCUT2D eigenvalue weighted by atomic mass is 10.2. The molecule has 0 aromatic heterocycles. The fraction of sp³-hybridized carbons (Fsp3) is 0.417. The van der Waals surface area contributed by atoms with E-state index in [0.717, 1.165) is 23.5 Å². The van der Waals surface area contributed by atoms with E-state index in [1.807, 2.05) is 18.2 Å². The molecule has 94 valence electrons. The number of hydrogen-bond donors (Lipinski definition) is 2. The topological polar surface area (TPSA) is 41.1 Å². The van der Waals surface area contributed by atoms with Gasteiger partial charge in [-0.05, 0) is 18.2 Å². The summed E-state index contributed by atoms with van der Waals surface area (Å²) < 4.78 is 0. The molecule has 2 N–H and O–H groups in total. The molecule has 0 aliphatic carbocycles. The smallest absolute Gasteiger partial charge is 0.230 e. The van der Waals surface area contributed by atoms with Gasteiger partial charge in [-0.15, -0.1) is 11.8 Å². The van der Waals surface area contributed by atoms with Crippen LogP contribution in [-0.2, 0) is 11.3 Å². The molecule has 0 saturated heterocycles.